The molecule has 0 unspecified atom stereocenters. The van der Waals surface area contributed by atoms with Crippen LogP contribution in [0.5, 0.6) is 0 Å². The SMILES string of the molecule is COCCN1CCN(C(=O)OC(C)(C)C)CC1=O. The standard InChI is InChI=1S/C12H22N2O4/c1-12(2,3)18-11(16)14-6-5-13(7-8-17-4)10(15)9-14/h5-9H2,1-4H3. The Morgan fingerprint density at radius 1 is 1.33 bits per heavy atom. The molecule has 0 aromatic carbocycles. The third kappa shape index (κ3) is 4.52. The molecule has 0 N–H and O–H groups in total. The lowest BCUT2D eigenvalue weighted by atomic mass is 10.2. The topological polar surface area (TPSA) is 59.1 Å². The fraction of sp³-hybridized carbons (Fsp3) is 0.833. The molecule has 0 radical (unpaired) electrons. The van der Waals surface area contributed by atoms with Gasteiger partial charge in [0.15, 0.2) is 0 Å². The van der Waals surface area contributed by atoms with E-state index in [0.29, 0.717) is 26.2 Å². The first kappa shape index (κ1) is 14.8. The molecule has 1 aliphatic rings. The van der Waals surface area contributed by atoms with Gasteiger partial charge in [-0.05, 0) is 20.8 Å². The summed E-state index contributed by atoms with van der Waals surface area (Å²) in [7, 11) is 1.60. The summed E-state index contributed by atoms with van der Waals surface area (Å²) < 4.78 is 10.2. The molecule has 0 aliphatic carbocycles. The van der Waals surface area contributed by atoms with Gasteiger partial charge in [-0.3, -0.25) is 9.69 Å². The Balaban J connectivity index is 2.45. The zero-order valence-electron chi connectivity index (χ0n) is 11.6. The fourth-order valence-corrected chi connectivity index (χ4v) is 1.63. The van der Waals surface area contributed by atoms with Crippen LogP contribution in [-0.2, 0) is 14.3 Å². The summed E-state index contributed by atoms with van der Waals surface area (Å²) in [4.78, 5) is 26.7. The summed E-state index contributed by atoms with van der Waals surface area (Å²) in [5.41, 5.74) is -0.534. The van der Waals surface area contributed by atoms with Gasteiger partial charge >= 0.3 is 6.09 Å². The Labute approximate surface area is 108 Å². The van der Waals surface area contributed by atoms with Crippen molar-refractivity contribution in [1.82, 2.24) is 9.80 Å². The van der Waals surface area contributed by atoms with Crippen LogP contribution in [0.15, 0.2) is 0 Å². The average molecular weight is 258 g/mol. The number of carbonyl (C=O) groups excluding carboxylic acids is 2. The van der Waals surface area contributed by atoms with Gasteiger partial charge in [-0.15, -0.1) is 0 Å². The second kappa shape index (κ2) is 6.04. The van der Waals surface area contributed by atoms with E-state index in [2.05, 4.69) is 0 Å². The highest BCUT2D eigenvalue weighted by atomic mass is 16.6. The Kier molecular flexibility index (Phi) is 4.95. The molecule has 6 nitrogen and oxygen atoms in total. The van der Waals surface area contributed by atoms with Crippen LogP contribution in [0.4, 0.5) is 4.79 Å². The number of nitrogens with zero attached hydrogens (tertiary/aromatic N) is 2. The molecule has 0 atom stereocenters. The molecule has 0 aromatic heterocycles. The normalized spacial score (nSPS) is 17.0. The van der Waals surface area contributed by atoms with E-state index in [1.807, 2.05) is 20.8 Å². The predicted molar refractivity (Wildman–Crippen MR) is 66.3 cm³/mol. The quantitative estimate of drug-likeness (QED) is 0.748. The fourth-order valence-electron chi connectivity index (χ4n) is 1.63. The predicted octanol–water partition coefficient (Wildman–Crippen LogP) is 0.712. The van der Waals surface area contributed by atoms with Crippen molar-refractivity contribution in [1.29, 1.82) is 0 Å². The molecular formula is C12H22N2O4. The van der Waals surface area contributed by atoms with E-state index in [0.717, 1.165) is 0 Å². The van der Waals surface area contributed by atoms with E-state index >= 15 is 0 Å². The number of hydrogen-bond donors (Lipinski definition) is 0. The first-order valence-corrected chi connectivity index (χ1v) is 6.08. The van der Waals surface area contributed by atoms with Gasteiger partial charge in [-0.2, -0.15) is 0 Å². The van der Waals surface area contributed by atoms with Gasteiger partial charge in [0.25, 0.3) is 0 Å². The first-order chi connectivity index (χ1) is 8.33. The number of carbonyl (C=O) groups is 2. The first-order valence-electron chi connectivity index (χ1n) is 6.08. The maximum atomic E-state index is 11.8. The molecule has 1 heterocycles. The van der Waals surface area contributed by atoms with Crippen molar-refractivity contribution in [3.8, 4) is 0 Å². The zero-order chi connectivity index (χ0) is 13.8. The third-order valence-electron chi connectivity index (χ3n) is 2.54. The molecule has 0 spiro atoms. The molecule has 1 fully saturated rings. The molecule has 1 saturated heterocycles. The van der Waals surface area contributed by atoms with Crippen LogP contribution < -0.4 is 0 Å². The summed E-state index contributed by atoms with van der Waals surface area (Å²) >= 11 is 0. The summed E-state index contributed by atoms with van der Waals surface area (Å²) in [6, 6.07) is 0. The number of methoxy groups -OCH3 is 1. The highest BCUT2D eigenvalue weighted by molar-refractivity contribution is 5.83. The van der Waals surface area contributed by atoms with Gasteiger partial charge in [0.05, 0.1) is 6.61 Å². The van der Waals surface area contributed by atoms with E-state index < -0.39 is 11.7 Å². The van der Waals surface area contributed by atoms with Crippen molar-refractivity contribution in [2.24, 2.45) is 0 Å². The van der Waals surface area contributed by atoms with Crippen molar-refractivity contribution in [2.45, 2.75) is 26.4 Å². The van der Waals surface area contributed by atoms with E-state index in [1.165, 1.54) is 4.90 Å². The smallest absolute Gasteiger partial charge is 0.410 e. The molecule has 6 heteroatoms. The Bertz CT molecular complexity index is 312. The largest absolute Gasteiger partial charge is 0.444 e. The van der Waals surface area contributed by atoms with Crippen molar-refractivity contribution < 1.29 is 19.1 Å². The number of hydrogen-bond acceptors (Lipinski definition) is 4. The van der Waals surface area contributed by atoms with Crippen LogP contribution in [0.25, 0.3) is 0 Å². The van der Waals surface area contributed by atoms with Crippen LogP contribution in [0.2, 0.25) is 0 Å². The number of amides is 2. The monoisotopic (exact) mass is 258 g/mol. The van der Waals surface area contributed by atoms with Crippen molar-refractivity contribution in [2.75, 3.05) is 39.9 Å². The van der Waals surface area contributed by atoms with E-state index in [9.17, 15) is 9.59 Å². The minimum atomic E-state index is -0.534. The minimum absolute atomic E-state index is 0.0656. The molecule has 1 aliphatic heterocycles. The third-order valence-corrected chi connectivity index (χ3v) is 2.54. The van der Waals surface area contributed by atoms with Crippen LogP contribution in [-0.4, -0.2) is 67.3 Å². The molecule has 0 aromatic rings. The van der Waals surface area contributed by atoms with Crippen molar-refractivity contribution >= 4 is 12.0 Å². The summed E-state index contributed by atoms with van der Waals surface area (Å²) in [5.74, 6) is -0.0656. The maximum absolute atomic E-state index is 11.8. The Morgan fingerprint density at radius 3 is 2.50 bits per heavy atom. The second-order valence-corrected chi connectivity index (χ2v) is 5.28. The lowest BCUT2D eigenvalue weighted by Crippen LogP contribution is -2.53. The molecule has 1 rings (SSSR count). The highest BCUT2D eigenvalue weighted by Gasteiger charge is 2.29. The van der Waals surface area contributed by atoms with Gasteiger partial charge in [0.2, 0.25) is 5.91 Å². The molecule has 0 bridgehead atoms. The molecule has 0 saturated carbocycles. The zero-order valence-corrected chi connectivity index (χ0v) is 11.6. The number of piperazine rings is 1. The minimum Gasteiger partial charge on any atom is -0.444 e. The highest BCUT2D eigenvalue weighted by Crippen LogP contribution is 2.12. The van der Waals surface area contributed by atoms with E-state index in [-0.39, 0.29) is 12.5 Å². The van der Waals surface area contributed by atoms with Crippen LogP contribution in [0.3, 0.4) is 0 Å². The average Bonchev–Trinajstić information content (AvgIpc) is 2.25. The van der Waals surface area contributed by atoms with Gasteiger partial charge in [0, 0.05) is 26.7 Å². The summed E-state index contributed by atoms with van der Waals surface area (Å²) in [6.07, 6.45) is -0.428. The van der Waals surface area contributed by atoms with Crippen LogP contribution >= 0.6 is 0 Å². The van der Waals surface area contributed by atoms with Crippen LogP contribution in [0.1, 0.15) is 20.8 Å². The van der Waals surface area contributed by atoms with Gasteiger partial charge < -0.3 is 14.4 Å². The molecule has 18 heavy (non-hydrogen) atoms. The number of ether oxygens (including phenoxy) is 2. The number of rotatable bonds is 3. The molecule has 104 valence electrons. The van der Waals surface area contributed by atoms with Crippen molar-refractivity contribution in [3.05, 3.63) is 0 Å². The second-order valence-electron chi connectivity index (χ2n) is 5.28. The maximum Gasteiger partial charge on any atom is 0.410 e. The lowest BCUT2D eigenvalue weighted by molar-refractivity contribution is -0.136. The van der Waals surface area contributed by atoms with E-state index in [1.54, 1.807) is 12.0 Å². The van der Waals surface area contributed by atoms with Gasteiger partial charge in [-0.25, -0.2) is 4.79 Å². The van der Waals surface area contributed by atoms with Gasteiger partial charge in [-0.1, -0.05) is 0 Å². The van der Waals surface area contributed by atoms with Gasteiger partial charge in [0.1, 0.15) is 12.1 Å². The summed E-state index contributed by atoms with van der Waals surface area (Å²) in [6.45, 7) is 7.62. The van der Waals surface area contributed by atoms with E-state index in [4.69, 9.17) is 9.47 Å². The molecular weight excluding hydrogens is 236 g/mol. The summed E-state index contributed by atoms with van der Waals surface area (Å²) in [5, 5.41) is 0. The molecule has 2 amide bonds. The Hall–Kier alpha value is -1.30. The lowest BCUT2D eigenvalue weighted by Gasteiger charge is -2.35. The van der Waals surface area contributed by atoms with Crippen LogP contribution in [0, 0.1) is 0 Å². The van der Waals surface area contributed by atoms with Crippen molar-refractivity contribution in [3.63, 3.8) is 0 Å². The Morgan fingerprint density at radius 2 is 2.00 bits per heavy atom.